The van der Waals surface area contributed by atoms with Gasteiger partial charge in [0.2, 0.25) is 11.7 Å². The van der Waals surface area contributed by atoms with Crippen molar-refractivity contribution in [2.45, 2.75) is 25.4 Å². The Kier molecular flexibility index (Phi) is 4.60. The molecule has 1 fully saturated rings. The van der Waals surface area contributed by atoms with Gasteiger partial charge in [-0.1, -0.05) is 11.2 Å². The lowest BCUT2D eigenvalue weighted by Gasteiger charge is -2.33. The first-order valence-corrected chi connectivity index (χ1v) is 8.38. The summed E-state index contributed by atoms with van der Waals surface area (Å²) in [5.74, 6) is 2.00. The Morgan fingerprint density at radius 3 is 3.04 bits per heavy atom. The number of rotatable bonds is 5. The fourth-order valence-electron chi connectivity index (χ4n) is 2.97. The molecule has 0 unspecified atom stereocenters. The van der Waals surface area contributed by atoms with Crippen LogP contribution < -0.4 is 10.2 Å². The molecular weight excluding hydrogens is 318 g/mol. The van der Waals surface area contributed by atoms with Gasteiger partial charge in [-0.25, -0.2) is 0 Å². The van der Waals surface area contributed by atoms with Gasteiger partial charge in [0.1, 0.15) is 5.69 Å². The van der Waals surface area contributed by atoms with E-state index in [1.807, 2.05) is 30.3 Å². The van der Waals surface area contributed by atoms with Crippen LogP contribution >= 0.6 is 0 Å². The van der Waals surface area contributed by atoms with Crippen LogP contribution in [0.1, 0.15) is 18.7 Å². The summed E-state index contributed by atoms with van der Waals surface area (Å²) in [6, 6.07) is 9.88. The SMILES string of the molecule is c1ccc(-c2noc(CN[C@H]3CCCN(c4cccnn4)C3)n2)nc1. The summed E-state index contributed by atoms with van der Waals surface area (Å²) >= 11 is 0. The lowest BCUT2D eigenvalue weighted by atomic mass is 10.1. The number of hydrogen-bond acceptors (Lipinski definition) is 8. The van der Waals surface area contributed by atoms with Gasteiger partial charge in [-0.3, -0.25) is 4.98 Å². The molecule has 25 heavy (non-hydrogen) atoms. The molecule has 1 saturated heterocycles. The van der Waals surface area contributed by atoms with Crippen LogP contribution in [0.3, 0.4) is 0 Å². The molecule has 3 aromatic heterocycles. The molecule has 0 radical (unpaired) electrons. The molecule has 0 amide bonds. The first kappa shape index (κ1) is 15.6. The molecule has 0 saturated carbocycles. The van der Waals surface area contributed by atoms with Crippen LogP contribution in [0, 0.1) is 0 Å². The quantitative estimate of drug-likeness (QED) is 0.752. The van der Waals surface area contributed by atoms with Crippen LogP contribution in [0.4, 0.5) is 5.82 Å². The molecule has 3 aromatic rings. The summed E-state index contributed by atoms with van der Waals surface area (Å²) in [4.78, 5) is 10.9. The monoisotopic (exact) mass is 337 g/mol. The van der Waals surface area contributed by atoms with Crippen LogP contribution in [-0.4, -0.2) is 44.5 Å². The molecule has 1 aliphatic heterocycles. The third kappa shape index (κ3) is 3.80. The van der Waals surface area contributed by atoms with E-state index in [0.717, 1.165) is 31.7 Å². The maximum absolute atomic E-state index is 5.32. The second-order valence-corrected chi connectivity index (χ2v) is 5.97. The van der Waals surface area contributed by atoms with Gasteiger partial charge < -0.3 is 14.7 Å². The lowest BCUT2D eigenvalue weighted by Crippen LogP contribution is -2.45. The molecule has 1 N–H and O–H groups in total. The molecule has 8 nitrogen and oxygen atoms in total. The zero-order valence-electron chi connectivity index (χ0n) is 13.7. The summed E-state index contributed by atoms with van der Waals surface area (Å²) in [5, 5.41) is 15.6. The number of piperidine rings is 1. The molecule has 128 valence electrons. The van der Waals surface area contributed by atoms with E-state index in [-0.39, 0.29) is 0 Å². The second kappa shape index (κ2) is 7.35. The molecular formula is C17H19N7O. The number of anilines is 1. The zero-order valence-corrected chi connectivity index (χ0v) is 13.7. The van der Waals surface area contributed by atoms with Crippen molar-refractivity contribution in [3.63, 3.8) is 0 Å². The minimum Gasteiger partial charge on any atom is -0.354 e. The second-order valence-electron chi connectivity index (χ2n) is 5.97. The van der Waals surface area contributed by atoms with Crippen LogP contribution in [0.25, 0.3) is 11.5 Å². The van der Waals surface area contributed by atoms with Crippen LogP contribution in [-0.2, 0) is 6.54 Å². The van der Waals surface area contributed by atoms with E-state index in [2.05, 4.69) is 35.5 Å². The highest BCUT2D eigenvalue weighted by atomic mass is 16.5. The Labute approximate surface area is 145 Å². The van der Waals surface area contributed by atoms with Crippen molar-refractivity contribution in [3.05, 3.63) is 48.6 Å². The Morgan fingerprint density at radius 1 is 1.20 bits per heavy atom. The predicted molar refractivity (Wildman–Crippen MR) is 91.6 cm³/mol. The van der Waals surface area contributed by atoms with Crippen molar-refractivity contribution >= 4 is 5.82 Å². The lowest BCUT2D eigenvalue weighted by molar-refractivity contribution is 0.343. The molecule has 4 heterocycles. The Morgan fingerprint density at radius 2 is 2.20 bits per heavy atom. The predicted octanol–water partition coefficient (Wildman–Crippen LogP) is 1.68. The van der Waals surface area contributed by atoms with Crippen molar-refractivity contribution in [2.75, 3.05) is 18.0 Å². The summed E-state index contributed by atoms with van der Waals surface area (Å²) in [5.41, 5.74) is 0.712. The molecule has 0 spiro atoms. The van der Waals surface area contributed by atoms with Gasteiger partial charge in [0.25, 0.3) is 0 Å². The number of aromatic nitrogens is 5. The third-order valence-electron chi connectivity index (χ3n) is 4.21. The highest BCUT2D eigenvalue weighted by molar-refractivity contribution is 5.47. The first-order valence-electron chi connectivity index (χ1n) is 8.38. The summed E-state index contributed by atoms with van der Waals surface area (Å²) in [6.45, 7) is 2.43. The smallest absolute Gasteiger partial charge is 0.240 e. The molecule has 0 aliphatic carbocycles. The van der Waals surface area contributed by atoms with Crippen LogP contribution in [0.15, 0.2) is 47.2 Å². The first-order chi connectivity index (χ1) is 12.4. The van der Waals surface area contributed by atoms with E-state index in [1.165, 1.54) is 0 Å². The number of nitrogens with zero attached hydrogens (tertiary/aromatic N) is 6. The van der Waals surface area contributed by atoms with Crippen LogP contribution in [0.2, 0.25) is 0 Å². The standard InChI is InChI=1S/C17H19N7O/c1-2-8-18-14(6-1)17-21-16(25-23-17)11-19-13-5-4-10-24(12-13)15-7-3-9-20-22-15/h1-3,6-9,13,19H,4-5,10-12H2/t13-/m0/s1. The van der Waals surface area contributed by atoms with E-state index < -0.39 is 0 Å². The highest BCUT2D eigenvalue weighted by Crippen LogP contribution is 2.17. The zero-order chi connectivity index (χ0) is 16.9. The molecule has 8 heteroatoms. The van der Waals surface area contributed by atoms with E-state index in [9.17, 15) is 0 Å². The fraction of sp³-hybridized carbons (Fsp3) is 0.353. The average Bonchev–Trinajstić information content (AvgIpc) is 3.17. The maximum Gasteiger partial charge on any atom is 0.240 e. The minimum absolute atomic E-state index is 0.348. The summed E-state index contributed by atoms with van der Waals surface area (Å²) in [7, 11) is 0. The van der Waals surface area contributed by atoms with E-state index in [0.29, 0.717) is 30.0 Å². The topological polar surface area (TPSA) is 92.9 Å². The maximum atomic E-state index is 5.32. The largest absolute Gasteiger partial charge is 0.354 e. The molecule has 4 rings (SSSR count). The molecule has 0 bridgehead atoms. The van der Waals surface area contributed by atoms with Gasteiger partial charge in [-0.15, -0.1) is 5.10 Å². The third-order valence-corrected chi connectivity index (χ3v) is 4.21. The van der Waals surface area contributed by atoms with Crippen molar-refractivity contribution in [1.82, 2.24) is 30.6 Å². The van der Waals surface area contributed by atoms with Gasteiger partial charge in [-0.05, 0) is 37.1 Å². The van der Waals surface area contributed by atoms with Gasteiger partial charge >= 0.3 is 0 Å². The van der Waals surface area contributed by atoms with E-state index >= 15 is 0 Å². The average molecular weight is 337 g/mol. The summed E-state index contributed by atoms with van der Waals surface area (Å²) in [6.07, 6.45) is 5.62. The highest BCUT2D eigenvalue weighted by Gasteiger charge is 2.21. The molecule has 0 aromatic carbocycles. The van der Waals surface area contributed by atoms with Gasteiger partial charge in [-0.2, -0.15) is 10.1 Å². The van der Waals surface area contributed by atoms with Gasteiger partial charge in [0.15, 0.2) is 5.82 Å². The van der Waals surface area contributed by atoms with Crippen LogP contribution in [0.5, 0.6) is 0 Å². The van der Waals surface area contributed by atoms with Crippen molar-refractivity contribution in [2.24, 2.45) is 0 Å². The van der Waals surface area contributed by atoms with E-state index in [1.54, 1.807) is 12.4 Å². The van der Waals surface area contributed by atoms with Gasteiger partial charge in [0, 0.05) is 31.5 Å². The minimum atomic E-state index is 0.348. The summed E-state index contributed by atoms with van der Waals surface area (Å²) < 4.78 is 5.32. The Balaban J connectivity index is 1.35. The Hall–Kier alpha value is -2.87. The number of pyridine rings is 1. The fourth-order valence-corrected chi connectivity index (χ4v) is 2.97. The number of nitrogens with one attached hydrogen (secondary N) is 1. The molecule has 1 aliphatic rings. The number of hydrogen-bond donors (Lipinski definition) is 1. The van der Waals surface area contributed by atoms with Crippen molar-refractivity contribution in [1.29, 1.82) is 0 Å². The van der Waals surface area contributed by atoms with Crippen molar-refractivity contribution < 1.29 is 4.52 Å². The van der Waals surface area contributed by atoms with Gasteiger partial charge in [0.05, 0.1) is 6.54 Å². The normalized spacial score (nSPS) is 17.6. The van der Waals surface area contributed by atoms with E-state index in [4.69, 9.17) is 4.52 Å². The molecule has 1 atom stereocenters. The van der Waals surface area contributed by atoms with Crippen molar-refractivity contribution in [3.8, 4) is 11.5 Å². The Bertz CT molecular complexity index is 793.